The van der Waals surface area contributed by atoms with Crippen LogP contribution in [0.2, 0.25) is 0 Å². The highest BCUT2D eigenvalue weighted by Gasteiger charge is 2.70. The zero-order valence-electron chi connectivity index (χ0n) is 23.9. The maximum Gasteiger partial charge on any atom is 0.315 e. The second-order valence-corrected chi connectivity index (χ2v) is 14.6. The van der Waals surface area contributed by atoms with Crippen molar-refractivity contribution in [2.75, 3.05) is 7.11 Å². The number of hydrogen-bond acceptors (Lipinski definition) is 5. The molecule has 5 heteroatoms. The van der Waals surface area contributed by atoms with Crippen molar-refractivity contribution in [1.82, 2.24) is 0 Å². The van der Waals surface area contributed by atoms with E-state index >= 15 is 0 Å². The van der Waals surface area contributed by atoms with Crippen LogP contribution in [0.4, 0.5) is 0 Å². The minimum absolute atomic E-state index is 0.00895. The number of carbonyl (C=O) groups is 3. The fraction of sp³-hybridized carbons (Fsp3) is 0.719. The van der Waals surface area contributed by atoms with Gasteiger partial charge in [-0.1, -0.05) is 47.6 Å². The lowest BCUT2D eigenvalue weighted by molar-refractivity contribution is -0.177. The fourth-order valence-corrected chi connectivity index (χ4v) is 9.96. The number of fused-ring (bicyclic) bond motifs is 7. The third kappa shape index (κ3) is 3.12. The lowest BCUT2D eigenvalue weighted by Gasteiger charge is -2.68. The van der Waals surface area contributed by atoms with Crippen LogP contribution in [0.5, 0.6) is 0 Å². The van der Waals surface area contributed by atoms with Crippen LogP contribution in [0, 0.1) is 44.3 Å². The molecule has 3 saturated carbocycles. The predicted octanol–water partition coefficient (Wildman–Crippen LogP) is 6.68. The summed E-state index contributed by atoms with van der Waals surface area (Å²) in [5.74, 6) is -0.237. The molecule has 0 radical (unpaired) electrons. The van der Waals surface area contributed by atoms with E-state index in [2.05, 4.69) is 33.8 Å². The third-order valence-electron chi connectivity index (χ3n) is 12.4. The van der Waals surface area contributed by atoms with Crippen LogP contribution in [0.25, 0.3) is 0 Å². The van der Waals surface area contributed by atoms with Gasteiger partial charge in [0.25, 0.3) is 0 Å². The molecule has 5 rings (SSSR count). The lowest BCUT2D eigenvalue weighted by Crippen LogP contribution is -2.65. The van der Waals surface area contributed by atoms with Crippen molar-refractivity contribution in [3.8, 4) is 0 Å². The summed E-state index contributed by atoms with van der Waals surface area (Å²) in [5.41, 5.74) is 0.391. The molecule has 0 bridgehead atoms. The molecule has 37 heavy (non-hydrogen) atoms. The van der Waals surface area contributed by atoms with Gasteiger partial charge in [0.1, 0.15) is 0 Å². The molecule has 5 aliphatic carbocycles. The van der Waals surface area contributed by atoms with Crippen molar-refractivity contribution < 1.29 is 24.2 Å². The van der Waals surface area contributed by atoms with Gasteiger partial charge in [-0.25, -0.2) is 0 Å². The van der Waals surface area contributed by atoms with Crippen molar-refractivity contribution in [3.05, 3.63) is 35.1 Å². The molecule has 0 aromatic heterocycles. The first-order valence-electron chi connectivity index (χ1n) is 14.0. The largest absolute Gasteiger partial charge is 0.515 e. The van der Waals surface area contributed by atoms with E-state index in [1.165, 1.54) is 7.11 Å². The molecule has 3 fully saturated rings. The number of hydrogen-bond donors (Lipinski definition) is 1. The second kappa shape index (κ2) is 7.70. The highest BCUT2D eigenvalue weighted by atomic mass is 16.5. The van der Waals surface area contributed by atoms with Crippen LogP contribution in [-0.4, -0.2) is 29.8 Å². The molecule has 1 N–H and O–H groups in total. The van der Waals surface area contributed by atoms with E-state index in [-0.39, 0.29) is 45.6 Å². The van der Waals surface area contributed by atoms with E-state index in [1.54, 1.807) is 0 Å². The van der Waals surface area contributed by atoms with Crippen molar-refractivity contribution in [2.24, 2.45) is 44.3 Å². The van der Waals surface area contributed by atoms with Crippen LogP contribution in [-0.2, 0) is 19.1 Å². The van der Waals surface area contributed by atoms with Gasteiger partial charge in [0, 0.05) is 16.9 Å². The van der Waals surface area contributed by atoms with Crippen molar-refractivity contribution >= 4 is 17.5 Å². The molecule has 0 aliphatic heterocycles. The Morgan fingerprint density at radius 2 is 1.62 bits per heavy atom. The first-order valence-corrected chi connectivity index (χ1v) is 14.0. The molecule has 0 spiro atoms. The number of ether oxygens (including phenoxy) is 1. The van der Waals surface area contributed by atoms with E-state index in [4.69, 9.17) is 4.74 Å². The molecule has 0 amide bonds. The molecule has 7 atom stereocenters. The number of Topliss-reactive ketones (excluding diaryl/α,β-unsaturated/α-hetero) is 1. The van der Waals surface area contributed by atoms with Gasteiger partial charge in [0.15, 0.2) is 11.6 Å². The van der Waals surface area contributed by atoms with E-state index in [0.717, 1.165) is 55.9 Å². The number of aliphatic hydroxyl groups is 1. The maximum atomic E-state index is 14.3. The Morgan fingerprint density at radius 1 is 0.973 bits per heavy atom. The smallest absolute Gasteiger partial charge is 0.315 e. The highest BCUT2D eigenvalue weighted by molar-refractivity contribution is 6.02. The Labute approximate surface area is 221 Å². The summed E-state index contributed by atoms with van der Waals surface area (Å²) in [5, 5.41) is 10.0. The van der Waals surface area contributed by atoms with Crippen molar-refractivity contribution in [2.45, 2.75) is 93.4 Å². The van der Waals surface area contributed by atoms with Crippen LogP contribution >= 0.6 is 0 Å². The van der Waals surface area contributed by atoms with Crippen molar-refractivity contribution in [1.29, 1.82) is 0 Å². The molecule has 0 saturated heterocycles. The number of aliphatic hydroxyl groups excluding tert-OH is 1. The quantitative estimate of drug-likeness (QED) is 0.243. The Morgan fingerprint density at radius 3 is 2.24 bits per heavy atom. The van der Waals surface area contributed by atoms with Gasteiger partial charge in [0.2, 0.25) is 0 Å². The van der Waals surface area contributed by atoms with Gasteiger partial charge in [-0.15, -0.1) is 0 Å². The summed E-state index contributed by atoms with van der Waals surface area (Å²) in [7, 11) is 1.45. The topological polar surface area (TPSA) is 80.7 Å². The normalized spacial score (nSPS) is 47.6. The molecule has 5 aliphatic rings. The van der Waals surface area contributed by atoms with Gasteiger partial charge in [0.05, 0.1) is 18.8 Å². The number of allylic oxidation sites excluding steroid dienone is 4. The van der Waals surface area contributed by atoms with Gasteiger partial charge in [-0.2, -0.15) is 0 Å². The molecule has 5 nitrogen and oxygen atoms in total. The molecular weight excluding hydrogens is 464 g/mol. The van der Waals surface area contributed by atoms with E-state index in [1.807, 2.05) is 26.8 Å². The number of esters is 1. The van der Waals surface area contributed by atoms with Crippen LogP contribution < -0.4 is 0 Å². The van der Waals surface area contributed by atoms with E-state index < -0.39 is 16.2 Å². The Balaban J connectivity index is 1.69. The molecule has 2 unspecified atom stereocenters. The minimum Gasteiger partial charge on any atom is -0.515 e. The molecular formula is C32H44O5. The van der Waals surface area contributed by atoms with Gasteiger partial charge >= 0.3 is 5.97 Å². The summed E-state index contributed by atoms with van der Waals surface area (Å²) >= 11 is 0. The van der Waals surface area contributed by atoms with Crippen molar-refractivity contribution in [3.63, 3.8) is 0 Å². The first kappa shape index (κ1) is 26.4. The standard InChI is InChI=1S/C32H44O5/c1-27(2)23-9-10-32(7)24(30(23,5)16-19(18-33)25(27)35)22(34)15-20-21-17-29(4,26(36)37-8)12-11-28(21,3)13-14-31(20,32)6/h15,17-18,23-24,33H,9-14,16H2,1-8H3/b19-18+/t23?,24?,28-,29+,30+,31-,32-/m1/s1. The van der Waals surface area contributed by atoms with Gasteiger partial charge in [-0.05, 0) is 96.7 Å². The lowest BCUT2D eigenvalue weighted by atomic mass is 9.34. The number of carbonyl (C=O) groups excluding carboxylic acids is 3. The van der Waals surface area contributed by atoms with Crippen LogP contribution in [0.1, 0.15) is 93.4 Å². The minimum atomic E-state index is -0.693. The number of methoxy groups -OCH3 is 1. The molecule has 202 valence electrons. The Bertz CT molecular complexity index is 1190. The SMILES string of the molecule is COC(=O)[C@]1(C)C=C2C3=CC(=O)C4[C@@]5(C)C/C(=C\O)C(=O)C(C)(C)C5CC[C@@]4(C)[C@]3(C)CC[C@@]2(C)CC1. The molecule has 0 heterocycles. The molecule has 0 aromatic carbocycles. The number of rotatable bonds is 1. The highest BCUT2D eigenvalue weighted by Crippen LogP contribution is 2.74. The first-order chi connectivity index (χ1) is 17.0. The zero-order valence-corrected chi connectivity index (χ0v) is 23.9. The van der Waals surface area contributed by atoms with Crippen LogP contribution in [0.3, 0.4) is 0 Å². The summed E-state index contributed by atoms with van der Waals surface area (Å²) in [6.07, 6.45) is 10.9. The van der Waals surface area contributed by atoms with E-state index in [9.17, 15) is 19.5 Å². The third-order valence-corrected chi connectivity index (χ3v) is 12.4. The fourth-order valence-electron chi connectivity index (χ4n) is 9.96. The number of ketones is 2. The van der Waals surface area contributed by atoms with Gasteiger partial charge in [-0.3, -0.25) is 14.4 Å². The monoisotopic (exact) mass is 508 g/mol. The summed E-state index contributed by atoms with van der Waals surface area (Å²) in [6, 6.07) is 0. The van der Waals surface area contributed by atoms with Crippen LogP contribution in [0.15, 0.2) is 35.1 Å². The summed E-state index contributed by atoms with van der Waals surface area (Å²) in [6.45, 7) is 15.1. The Hall–Kier alpha value is -2.17. The van der Waals surface area contributed by atoms with Gasteiger partial charge < -0.3 is 9.84 Å². The second-order valence-electron chi connectivity index (χ2n) is 14.6. The Kier molecular flexibility index (Phi) is 5.50. The average molecular weight is 509 g/mol. The average Bonchev–Trinajstić information content (AvgIpc) is 2.83. The summed E-state index contributed by atoms with van der Waals surface area (Å²) in [4.78, 5) is 40.4. The zero-order chi connectivity index (χ0) is 27.4. The summed E-state index contributed by atoms with van der Waals surface area (Å²) < 4.78 is 5.19. The maximum absolute atomic E-state index is 14.3. The predicted molar refractivity (Wildman–Crippen MR) is 143 cm³/mol. The molecule has 0 aromatic rings. The van der Waals surface area contributed by atoms with E-state index in [0.29, 0.717) is 12.0 Å².